The number of fused-ring (bicyclic) bond motifs is 6. The molecule has 3 aliphatic carbocycles. The Bertz CT molecular complexity index is 6300. The molecule has 0 atom stereocenters. The number of carboxylic acids is 2. The van der Waals surface area contributed by atoms with Crippen molar-refractivity contribution in [3.8, 4) is 0 Å². The number of ether oxygens (including phenoxy) is 2. The van der Waals surface area contributed by atoms with E-state index in [0.29, 0.717) is 79.3 Å². The fraction of sp³-hybridized carbons (Fsp3) is 0.240. The number of pyridine rings is 3. The number of benzene rings is 3. The molecule has 0 unspecified atom stereocenters. The number of esters is 2. The van der Waals surface area contributed by atoms with Crippen LogP contribution in [-0.4, -0.2) is 158 Å². The van der Waals surface area contributed by atoms with Gasteiger partial charge in [0.05, 0.1) is 156 Å². The van der Waals surface area contributed by atoms with Crippen LogP contribution in [0, 0.1) is 17.5 Å². The number of aromatic amines is 2. The fourth-order valence-corrected chi connectivity index (χ4v) is 14.0. The number of nitrogens with two attached hydrogens (primary N) is 1. The number of methoxy groups -OCH3 is 2. The molecule has 3 aromatic carbocycles. The molecule has 0 saturated heterocycles. The van der Waals surface area contributed by atoms with Crippen molar-refractivity contribution in [2.75, 3.05) is 14.2 Å². The first-order valence-corrected chi connectivity index (χ1v) is 36.3. The zero-order chi connectivity index (χ0) is 79.2. The van der Waals surface area contributed by atoms with E-state index < -0.39 is 53.1 Å². The summed E-state index contributed by atoms with van der Waals surface area (Å²) in [5, 5.41) is 59.5. The third kappa shape index (κ3) is 17.2. The fourth-order valence-electron chi connectivity index (χ4n) is 13.5. The van der Waals surface area contributed by atoms with Gasteiger partial charge in [-0.05, 0) is 109 Å². The van der Waals surface area contributed by atoms with Gasteiger partial charge in [-0.2, -0.15) is 0 Å². The van der Waals surface area contributed by atoms with Crippen LogP contribution in [0.1, 0.15) is 170 Å². The van der Waals surface area contributed by atoms with Gasteiger partial charge in [0.2, 0.25) is 0 Å². The molecule has 41 heteroatoms. The smallest absolute Gasteiger partial charge is 0.870 e. The van der Waals surface area contributed by atoms with Crippen LogP contribution in [0.15, 0.2) is 129 Å². The van der Waals surface area contributed by atoms with Crippen molar-refractivity contribution in [3.63, 3.8) is 0 Å². The molecule has 12 heterocycles. The number of aliphatic hydroxyl groups is 1. The van der Waals surface area contributed by atoms with Gasteiger partial charge in [-0.3, -0.25) is 9.59 Å². The Kier molecular flexibility index (Phi) is 25.5. The summed E-state index contributed by atoms with van der Waals surface area (Å²) in [7, 11) is 2.63. The summed E-state index contributed by atoms with van der Waals surface area (Å²) < 4.78 is 62.5. The van der Waals surface area contributed by atoms with E-state index in [2.05, 4.69) is 72.6 Å². The Morgan fingerprint density at radius 3 is 1.34 bits per heavy atom. The van der Waals surface area contributed by atoms with Gasteiger partial charge < -0.3 is 74.4 Å². The number of hydrogen-bond acceptors (Lipinski definition) is 20. The summed E-state index contributed by atoms with van der Waals surface area (Å²) in [6.07, 6.45) is 20.3. The maximum Gasteiger partial charge on any atom is 1.00 e. The van der Waals surface area contributed by atoms with E-state index in [0.717, 1.165) is 47.6 Å². The number of carbonyl (C=O) groups excluding carboxylic acids is 4. The first-order chi connectivity index (χ1) is 54.6. The number of aromatic carboxylic acids is 2. The van der Waals surface area contributed by atoms with Crippen molar-refractivity contribution < 1.29 is 102 Å². The van der Waals surface area contributed by atoms with E-state index in [9.17, 15) is 52.2 Å². The summed E-state index contributed by atoms with van der Waals surface area (Å²) in [6, 6.07) is 22.0. The summed E-state index contributed by atoms with van der Waals surface area (Å²) in [4.78, 5) is 92.2. The van der Waals surface area contributed by atoms with Crippen molar-refractivity contribution in [3.05, 3.63) is 246 Å². The Hall–Kier alpha value is -11.6. The Balaban J connectivity index is 0.000000148. The summed E-state index contributed by atoms with van der Waals surface area (Å²) in [5.74, 6) is -4.33. The van der Waals surface area contributed by atoms with E-state index in [1.165, 1.54) is 122 Å². The van der Waals surface area contributed by atoms with Gasteiger partial charge in [0.25, 0.3) is 11.8 Å². The van der Waals surface area contributed by atoms with Crippen LogP contribution in [0.4, 0.5) is 13.2 Å². The van der Waals surface area contributed by atoms with Crippen LogP contribution >= 0.6 is 47.2 Å². The first-order valence-electron chi connectivity index (χ1n) is 35.1. The van der Waals surface area contributed by atoms with Gasteiger partial charge in [0.1, 0.15) is 23.3 Å². The van der Waals surface area contributed by atoms with Gasteiger partial charge in [-0.1, -0.05) is 86.8 Å². The average molecular weight is 1680 g/mol. The predicted octanol–water partition coefficient (Wildman–Crippen LogP) is 8.02. The third-order valence-corrected chi connectivity index (χ3v) is 20.4. The molecule has 0 bridgehead atoms. The molecule has 0 spiro atoms. The molecular weight excluding hydrogens is 1610 g/mol. The molecule has 10 N–H and O–H groups in total. The second-order valence-electron chi connectivity index (χ2n) is 26.9. The number of rotatable bonds is 21. The number of carbonyl (C=O) groups is 6. The topological polar surface area (TPSA) is 442 Å². The summed E-state index contributed by atoms with van der Waals surface area (Å²) in [5.41, 5.74) is 15.6. The number of aliphatic hydroxyl groups excluding tert-OH is 1. The minimum atomic E-state index is -1.19. The monoisotopic (exact) mass is 1670 g/mol. The Morgan fingerprint density at radius 1 is 0.534 bits per heavy atom. The first kappa shape index (κ1) is 83.8. The van der Waals surface area contributed by atoms with Gasteiger partial charge in [0.15, 0.2) is 34.5 Å². The molecule has 15 aromatic rings. The van der Waals surface area contributed by atoms with Gasteiger partial charge in [0, 0.05) is 52.3 Å². The van der Waals surface area contributed by atoms with E-state index in [1.54, 1.807) is 27.6 Å². The SMILES string of the molecule is COC(=O)c1c(Cn2cc(C(=O)NCc3ncn4ccc(Cl)c(F)c34)nn2)[nH]c2cc(C3CC3)ccc12.COC(=O)c1c(Cn2cc(C(=O)O)nn2)n(CO)c2cc(C3CC3)ccc12.Cl.NCc1ncn2ccc(Cl)c(F)c12.O=C(NCc1ncn2ccc(Cl)c(F)c12)c1cn(Cc2[nH]c3cc(C4CC4)ccc3c2C(=O)O)nn1.[Na+].[OH-]. The van der Waals surface area contributed by atoms with Crippen LogP contribution < -0.4 is 45.9 Å². The molecule has 3 fully saturated rings. The number of nitrogens with one attached hydrogen (secondary N) is 4. The van der Waals surface area contributed by atoms with E-state index in [1.807, 2.05) is 48.5 Å². The Morgan fingerprint density at radius 2 is 0.922 bits per heavy atom. The van der Waals surface area contributed by atoms with Crippen molar-refractivity contribution in [1.29, 1.82) is 0 Å². The number of nitrogens with zero attached hydrogens (tertiary/aromatic N) is 16. The zero-order valence-electron chi connectivity index (χ0n) is 61.5. The predicted molar refractivity (Wildman–Crippen MR) is 411 cm³/mol. The minimum absolute atomic E-state index is 0. The normalized spacial score (nSPS) is 12.9. The maximum atomic E-state index is 14.4. The number of halogens is 7. The van der Waals surface area contributed by atoms with Crippen LogP contribution in [0.5, 0.6) is 0 Å². The Labute approximate surface area is 695 Å². The van der Waals surface area contributed by atoms with E-state index in [4.69, 9.17) is 55.1 Å². The molecule has 3 aliphatic rings. The van der Waals surface area contributed by atoms with Crippen LogP contribution in [-0.2, 0) is 55.5 Å². The van der Waals surface area contributed by atoms with E-state index in [-0.39, 0.29) is 142 Å². The third-order valence-electron chi connectivity index (χ3n) is 19.6. The van der Waals surface area contributed by atoms with Crippen molar-refractivity contribution in [2.45, 2.75) is 102 Å². The molecule has 116 heavy (non-hydrogen) atoms. The molecule has 0 radical (unpaired) electrons. The molecular formula is C75H67Cl4F3N21NaO12. The summed E-state index contributed by atoms with van der Waals surface area (Å²) >= 11 is 17.4. The number of imidazole rings is 3. The molecule has 594 valence electrons. The van der Waals surface area contributed by atoms with Crippen LogP contribution in [0.25, 0.3) is 49.3 Å². The average Bonchev–Trinajstić information content (AvgIpc) is 1.60. The van der Waals surface area contributed by atoms with Crippen molar-refractivity contribution in [2.24, 2.45) is 5.73 Å². The quantitative estimate of drug-likeness (QED) is 0.0249. The van der Waals surface area contributed by atoms with Gasteiger partial charge in [-0.15, -0.1) is 27.7 Å². The molecule has 0 aliphatic heterocycles. The summed E-state index contributed by atoms with van der Waals surface area (Å²) in [6.45, 7) is 0.119. The van der Waals surface area contributed by atoms with Gasteiger partial charge in [-0.25, -0.2) is 61.3 Å². The van der Waals surface area contributed by atoms with E-state index >= 15 is 0 Å². The second-order valence-corrected chi connectivity index (χ2v) is 28.1. The number of H-pyrrole nitrogens is 2. The van der Waals surface area contributed by atoms with Crippen LogP contribution in [0.3, 0.4) is 0 Å². The number of amides is 2. The van der Waals surface area contributed by atoms with Crippen LogP contribution in [0.2, 0.25) is 15.1 Å². The molecule has 3 saturated carbocycles. The number of hydrogen-bond donors (Lipinski definition) is 8. The number of carboxylic acid groups (broad SMARTS) is 2. The number of aromatic nitrogens is 18. The minimum Gasteiger partial charge on any atom is -0.870 e. The van der Waals surface area contributed by atoms with Crippen molar-refractivity contribution in [1.82, 2.24) is 98.3 Å². The second kappa shape index (κ2) is 35.3. The molecule has 12 aromatic heterocycles. The van der Waals surface area contributed by atoms with Gasteiger partial charge >= 0.3 is 53.4 Å². The molecule has 33 nitrogen and oxygen atoms in total. The van der Waals surface area contributed by atoms with Crippen molar-refractivity contribution >= 4 is 132 Å². The maximum absolute atomic E-state index is 14.4. The molecule has 18 rings (SSSR count). The largest absolute Gasteiger partial charge is 1.00 e. The molecule has 2 amide bonds. The standard InChI is InChI=1S/C25H21ClFN7O3.C24H19ClFN7O3.C18H18N4O5.C8H7ClFN3.ClH.Na.H2O/c1-37-25(36)21-15-5-4-14(13-2-3-13)8-17(15)30-19(21)10-34-11-20(31-32-34)24(35)28-9-18-23-22(27)16(26)6-7-33(23)12-29-18;25-15-5-6-32-11-28-17(22(32)21(15)26)8-27-23(34)19-10-33(31-30-19)9-18-20(24(35)36)14-4-3-13(12-1-2-12)7-16(14)29-18;1-27-18(26)16-12-5-4-11(10-2-3-10)6-14(12)22(9-23)15(16)8-21-7-13(17(24)25)19-20-21;9-5-1-2-13-4-12-6(3-11)8(13)7(5)10;;;/h4-8,11-13,30H,2-3,9-10H2,1H3,(H,28,35);3-7,10-12,29H,1-2,8-9H2,(H,27,34)(H,35,36);4-7,10,23H,2-3,8-9H2,1H3,(H,24,25);1-2,4H,3,11H2;1H;;1H2/q;;;;;+1;/p-1. The zero-order valence-corrected chi connectivity index (χ0v) is 66.6.